The number of hydrogen-bond donors (Lipinski definition) is 0. The lowest BCUT2D eigenvalue weighted by Gasteiger charge is -2.32. The quantitative estimate of drug-likeness (QED) is 0.701. The lowest BCUT2D eigenvalue weighted by molar-refractivity contribution is -0.138. The number of rotatable bonds is 4. The van der Waals surface area contributed by atoms with E-state index in [2.05, 4.69) is 28.3 Å². The Morgan fingerprint density at radius 1 is 1.13 bits per heavy atom. The summed E-state index contributed by atoms with van der Waals surface area (Å²) in [4.78, 5) is 11.4. The molecular formula is C23H29F3N4O. The number of pyridine rings is 1. The Morgan fingerprint density at radius 2 is 1.81 bits per heavy atom. The van der Waals surface area contributed by atoms with Gasteiger partial charge in [-0.2, -0.15) is 13.2 Å². The zero-order valence-electron chi connectivity index (χ0n) is 18.2. The number of imidazole rings is 1. The van der Waals surface area contributed by atoms with Crippen LogP contribution in [-0.2, 0) is 10.9 Å². The Morgan fingerprint density at radius 3 is 2.42 bits per heavy atom. The minimum Gasteiger partial charge on any atom is -0.381 e. The van der Waals surface area contributed by atoms with E-state index < -0.39 is 11.7 Å². The van der Waals surface area contributed by atoms with Crippen LogP contribution in [0.5, 0.6) is 0 Å². The van der Waals surface area contributed by atoms with Crippen LogP contribution in [0.15, 0.2) is 18.5 Å². The van der Waals surface area contributed by atoms with Crippen LogP contribution in [0.3, 0.4) is 0 Å². The smallest absolute Gasteiger partial charge is 0.381 e. The van der Waals surface area contributed by atoms with Crippen molar-refractivity contribution in [3.63, 3.8) is 0 Å². The summed E-state index contributed by atoms with van der Waals surface area (Å²) >= 11 is 0. The molecule has 2 aromatic rings. The van der Waals surface area contributed by atoms with Gasteiger partial charge in [0.05, 0.1) is 11.3 Å². The summed E-state index contributed by atoms with van der Waals surface area (Å²) in [5.41, 5.74) is 0.298. The molecule has 2 aromatic heterocycles. The second kappa shape index (κ2) is 7.59. The molecule has 5 rings (SSSR count). The average molecular weight is 435 g/mol. The van der Waals surface area contributed by atoms with Gasteiger partial charge in [-0.25, -0.2) is 4.98 Å². The molecule has 0 spiro atoms. The van der Waals surface area contributed by atoms with Crippen LogP contribution >= 0.6 is 0 Å². The van der Waals surface area contributed by atoms with E-state index in [1.54, 1.807) is 0 Å². The number of nitrogens with zero attached hydrogens (tertiary/aromatic N) is 4. The summed E-state index contributed by atoms with van der Waals surface area (Å²) in [7, 11) is 0. The summed E-state index contributed by atoms with van der Waals surface area (Å²) in [6.45, 7) is 9.46. The molecule has 3 fully saturated rings. The summed E-state index contributed by atoms with van der Waals surface area (Å²) in [5.74, 6) is 2.34. The van der Waals surface area contributed by atoms with Gasteiger partial charge in [-0.15, -0.1) is 0 Å². The highest BCUT2D eigenvalue weighted by molar-refractivity contribution is 5.59. The van der Waals surface area contributed by atoms with Crippen molar-refractivity contribution in [3.05, 3.63) is 35.5 Å². The number of hydrogen-bond acceptors (Lipinski definition) is 4. The SMILES string of the molecule is Cc1ncc(-c2cn([C@H]3[C@@H]4CN(C5CCOCC5)C[C@@H]43)c(C(C)C)n2)cc1C(F)(F)F. The molecule has 0 unspecified atom stereocenters. The molecule has 8 heteroatoms. The van der Waals surface area contributed by atoms with Crippen LogP contribution in [0.25, 0.3) is 11.3 Å². The fraction of sp³-hybridized carbons (Fsp3) is 0.652. The minimum absolute atomic E-state index is 0.00954. The first-order valence-electron chi connectivity index (χ1n) is 11.2. The lowest BCUT2D eigenvalue weighted by atomic mass is 10.1. The number of aryl methyl sites for hydroxylation is 1. The van der Waals surface area contributed by atoms with Gasteiger partial charge in [-0.05, 0) is 37.7 Å². The third-order valence-corrected chi connectivity index (χ3v) is 7.17. The molecule has 1 aliphatic carbocycles. The lowest BCUT2D eigenvalue weighted by Crippen LogP contribution is -2.39. The topological polar surface area (TPSA) is 43.2 Å². The molecule has 0 amide bonds. The van der Waals surface area contributed by atoms with Gasteiger partial charge in [0.1, 0.15) is 5.82 Å². The van der Waals surface area contributed by atoms with E-state index in [-0.39, 0.29) is 11.6 Å². The fourth-order valence-corrected chi connectivity index (χ4v) is 5.46. The second-order valence-electron chi connectivity index (χ2n) is 9.52. The highest BCUT2D eigenvalue weighted by atomic mass is 19.4. The zero-order valence-corrected chi connectivity index (χ0v) is 18.2. The predicted octanol–water partition coefficient (Wildman–Crippen LogP) is 4.68. The van der Waals surface area contributed by atoms with Gasteiger partial charge in [0.2, 0.25) is 0 Å². The molecule has 3 atom stereocenters. The molecule has 31 heavy (non-hydrogen) atoms. The Hall–Kier alpha value is -1.93. The van der Waals surface area contributed by atoms with Crippen LogP contribution in [0, 0.1) is 18.8 Å². The van der Waals surface area contributed by atoms with Crippen molar-refractivity contribution in [2.75, 3.05) is 26.3 Å². The first-order valence-corrected chi connectivity index (χ1v) is 11.2. The van der Waals surface area contributed by atoms with E-state index in [1.807, 2.05) is 6.20 Å². The van der Waals surface area contributed by atoms with E-state index in [0.717, 1.165) is 45.0 Å². The molecule has 5 nitrogen and oxygen atoms in total. The maximum Gasteiger partial charge on any atom is 0.418 e. The number of likely N-dealkylation sites (tertiary alicyclic amines) is 1. The predicted molar refractivity (Wildman–Crippen MR) is 111 cm³/mol. The highest BCUT2D eigenvalue weighted by Gasteiger charge is 2.58. The third-order valence-electron chi connectivity index (χ3n) is 7.17. The van der Waals surface area contributed by atoms with E-state index in [1.165, 1.54) is 19.2 Å². The summed E-state index contributed by atoms with van der Waals surface area (Å²) < 4.78 is 47.8. The van der Waals surface area contributed by atoms with Crippen LogP contribution in [0.4, 0.5) is 13.2 Å². The number of aromatic nitrogens is 3. The molecule has 0 bridgehead atoms. The van der Waals surface area contributed by atoms with Crippen LogP contribution in [0.2, 0.25) is 0 Å². The van der Waals surface area contributed by atoms with Gasteiger partial charge in [0.15, 0.2) is 0 Å². The van der Waals surface area contributed by atoms with Gasteiger partial charge in [-0.1, -0.05) is 13.8 Å². The van der Waals surface area contributed by atoms with Gasteiger partial charge in [0.25, 0.3) is 0 Å². The van der Waals surface area contributed by atoms with E-state index >= 15 is 0 Å². The molecule has 2 saturated heterocycles. The number of ether oxygens (including phenoxy) is 1. The molecule has 0 N–H and O–H groups in total. The third kappa shape index (κ3) is 3.78. The second-order valence-corrected chi connectivity index (χ2v) is 9.52. The number of fused-ring (bicyclic) bond motifs is 1. The van der Waals surface area contributed by atoms with Crippen LogP contribution in [0.1, 0.15) is 55.7 Å². The van der Waals surface area contributed by atoms with Gasteiger partial charge in [0, 0.05) is 68.0 Å². The van der Waals surface area contributed by atoms with Crippen molar-refractivity contribution < 1.29 is 17.9 Å². The van der Waals surface area contributed by atoms with Crippen molar-refractivity contribution in [2.45, 2.75) is 57.8 Å². The molecular weight excluding hydrogens is 405 g/mol. The van der Waals surface area contributed by atoms with Crippen LogP contribution < -0.4 is 0 Å². The van der Waals surface area contributed by atoms with E-state index in [4.69, 9.17) is 9.72 Å². The van der Waals surface area contributed by atoms with Gasteiger partial charge < -0.3 is 9.30 Å². The molecule has 0 radical (unpaired) electrons. The van der Waals surface area contributed by atoms with Crippen LogP contribution in [-0.4, -0.2) is 51.8 Å². The number of piperidine rings is 1. The van der Waals surface area contributed by atoms with Crippen molar-refractivity contribution in [1.82, 2.24) is 19.4 Å². The highest BCUT2D eigenvalue weighted by Crippen LogP contribution is 2.57. The minimum atomic E-state index is -4.42. The number of halogens is 3. The molecule has 0 aromatic carbocycles. The van der Waals surface area contributed by atoms with Crippen molar-refractivity contribution in [1.29, 1.82) is 0 Å². The maximum absolute atomic E-state index is 13.4. The average Bonchev–Trinajstić information content (AvgIpc) is 3.09. The van der Waals surface area contributed by atoms with Crippen molar-refractivity contribution in [3.8, 4) is 11.3 Å². The molecule has 1 saturated carbocycles. The normalized spacial score (nSPS) is 27.1. The van der Waals surface area contributed by atoms with Gasteiger partial charge >= 0.3 is 6.18 Å². The molecule has 168 valence electrons. The first-order chi connectivity index (χ1) is 14.7. The van der Waals surface area contributed by atoms with Crippen molar-refractivity contribution in [2.24, 2.45) is 11.8 Å². The summed E-state index contributed by atoms with van der Waals surface area (Å²) in [6.07, 6.45) is 1.25. The Labute approximate surface area is 180 Å². The standard InChI is InChI=1S/C23H29F3N4O/c1-13(2)22-28-20(15-8-19(23(24,25)26)14(3)27-9-15)12-30(22)21-17-10-29(11-18(17)21)16-4-6-31-7-5-16/h8-9,12-13,16-18,21H,4-7,10-11H2,1-3H3/t17-,18+,21+. The molecule has 4 heterocycles. The van der Waals surface area contributed by atoms with Crippen molar-refractivity contribution >= 4 is 0 Å². The Balaban J connectivity index is 1.39. The van der Waals surface area contributed by atoms with E-state index in [9.17, 15) is 13.2 Å². The van der Waals surface area contributed by atoms with Gasteiger partial charge in [-0.3, -0.25) is 9.88 Å². The Bertz CT molecular complexity index is 952. The monoisotopic (exact) mass is 434 g/mol. The maximum atomic E-state index is 13.4. The summed E-state index contributed by atoms with van der Waals surface area (Å²) in [6, 6.07) is 2.21. The molecule has 2 aliphatic heterocycles. The summed E-state index contributed by atoms with van der Waals surface area (Å²) in [5, 5.41) is 0. The Kier molecular flexibility index (Phi) is 5.13. The zero-order chi connectivity index (χ0) is 21.9. The van der Waals surface area contributed by atoms with E-state index in [0.29, 0.717) is 35.2 Å². The first kappa shape index (κ1) is 20.9. The molecule has 3 aliphatic rings. The fourth-order valence-electron chi connectivity index (χ4n) is 5.46. The number of alkyl halides is 3. The largest absolute Gasteiger partial charge is 0.418 e.